The lowest BCUT2D eigenvalue weighted by Crippen LogP contribution is -2.45. The number of hydrogen-bond acceptors (Lipinski definition) is 5. The van der Waals surface area contributed by atoms with Crippen molar-refractivity contribution in [3.63, 3.8) is 0 Å². The molecule has 2 N–H and O–H groups in total. The van der Waals surface area contributed by atoms with Crippen LogP contribution in [0.5, 0.6) is 0 Å². The topological polar surface area (TPSA) is 90.4 Å². The summed E-state index contributed by atoms with van der Waals surface area (Å²) in [7, 11) is -3.19. The normalized spacial score (nSPS) is 16.0. The summed E-state index contributed by atoms with van der Waals surface area (Å²) in [4.78, 5) is 4.98. The van der Waals surface area contributed by atoms with Crippen molar-refractivity contribution >= 4 is 21.5 Å². The van der Waals surface area contributed by atoms with Gasteiger partial charge in [0.25, 0.3) is 0 Å². The molecule has 8 heteroatoms. The highest BCUT2D eigenvalue weighted by atomic mass is 32.2. The predicted molar refractivity (Wildman–Crippen MR) is 108 cm³/mol. The summed E-state index contributed by atoms with van der Waals surface area (Å²) in [6, 6.07) is 17.0. The molecule has 0 radical (unpaired) electrons. The van der Waals surface area contributed by atoms with Crippen LogP contribution in [0, 0.1) is 6.92 Å². The van der Waals surface area contributed by atoms with Gasteiger partial charge in [0.1, 0.15) is 0 Å². The number of hydrogen-bond donors (Lipinski definition) is 2. The van der Waals surface area contributed by atoms with E-state index in [1.165, 1.54) is 11.8 Å². The zero-order valence-electron chi connectivity index (χ0n) is 15.7. The molecule has 0 unspecified atom stereocenters. The first kappa shape index (κ1) is 18.4. The van der Waals surface area contributed by atoms with Gasteiger partial charge < -0.3 is 5.43 Å². The molecule has 144 valence electrons. The number of H-pyrrole nitrogens is 1. The number of fused-ring (bicyclic) bond motifs is 1. The van der Waals surface area contributed by atoms with Crippen LogP contribution in [0.25, 0.3) is 0 Å². The summed E-state index contributed by atoms with van der Waals surface area (Å²) in [5.74, 6) is 1.36. The Morgan fingerprint density at radius 1 is 1.14 bits per heavy atom. The number of nitrogens with one attached hydrogen (secondary N) is 2. The van der Waals surface area contributed by atoms with Crippen LogP contribution in [-0.4, -0.2) is 35.7 Å². The average molecular weight is 395 g/mol. The summed E-state index contributed by atoms with van der Waals surface area (Å²) >= 11 is 0. The molecule has 0 saturated heterocycles. The zero-order chi connectivity index (χ0) is 19.7. The van der Waals surface area contributed by atoms with Crippen LogP contribution in [0.2, 0.25) is 0 Å². The third kappa shape index (κ3) is 3.97. The lowest BCUT2D eigenvalue weighted by molar-refractivity contribution is 0.209. The van der Waals surface area contributed by atoms with E-state index in [1.54, 1.807) is 12.1 Å². The number of aliphatic imine (C=N–C) groups is 1. The van der Waals surface area contributed by atoms with Crippen molar-refractivity contribution in [2.75, 3.05) is 6.26 Å². The zero-order valence-corrected chi connectivity index (χ0v) is 16.5. The SMILES string of the molecule is Cc1cc(N=C2NN(Cc3ccc(S(C)(=O)=O)cc3)Cc3ccccc32)n[nH]1. The van der Waals surface area contributed by atoms with Crippen molar-refractivity contribution in [1.29, 1.82) is 0 Å². The lowest BCUT2D eigenvalue weighted by Gasteiger charge is -2.31. The molecule has 0 bridgehead atoms. The van der Waals surface area contributed by atoms with Crippen LogP contribution in [0.4, 0.5) is 5.82 Å². The Labute approximate surface area is 164 Å². The predicted octanol–water partition coefficient (Wildman–Crippen LogP) is 2.72. The third-order valence-electron chi connectivity index (χ3n) is 4.54. The number of sulfone groups is 1. The van der Waals surface area contributed by atoms with Crippen molar-refractivity contribution in [2.24, 2.45) is 4.99 Å². The van der Waals surface area contributed by atoms with Gasteiger partial charge in [-0.15, -0.1) is 0 Å². The van der Waals surface area contributed by atoms with Gasteiger partial charge in [-0.25, -0.2) is 18.4 Å². The molecule has 28 heavy (non-hydrogen) atoms. The molecule has 2 heterocycles. The molecule has 0 fully saturated rings. The summed E-state index contributed by atoms with van der Waals surface area (Å²) in [5.41, 5.74) is 7.55. The van der Waals surface area contributed by atoms with Crippen LogP contribution in [0.3, 0.4) is 0 Å². The lowest BCUT2D eigenvalue weighted by atomic mass is 10.0. The van der Waals surface area contributed by atoms with Gasteiger partial charge in [0.2, 0.25) is 0 Å². The minimum Gasteiger partial charge on any atom is -0.302 e. The quantitative estimate of drug-likeness (QED) is 0.709. The van der Waals surface area contributed by atoms with Crippen molar-refractivity contribution in [3.8, 4) is 0 Å². The number of aryl methyl sites for hydroxylation is 1. The largest absolute Gasteiger partial charge is 0.302 e. The Bertz CT molecular complexity index is 1130. The van der Waals surface area contributed by atoms with E-state index in [0.29, 0.717) is 23.8 Å². The molecule has 0 atom stereocenters. The third-order valence-corrected chi connectivity index (χ3v) is 5.67. The molecule has 2 aromatic carbocycles. The number of nitrogens with zero attached hydrogens (tertiary/aromatic N) is 3. The number of benzene rings is 2. The fourth-order valence-corrected chi connectivity index (χ4v) is 3.79. The first-order valence-corrected chi connectivity index (χ1v) is 10.8. The minimum atomic E-state index is -3.19. The van der Waals surface area contributed by atoms with Gasteiger partial charge in [-0.05, 0) is 30.2 Å². The van der Waals surface area contributed by atoms with Crippen molar-refractivity contribution in [1.82, 2.24) is 20.6 Å². The molecule has 1 aliphatic heterocycles. The Balaban J connectivity index is 1.60. The Kier molecular flexibility index (Phi) is 4.74. The number of amidine groups is 1. The van der Waals surface area contributed by atoms with E-state index < -0.39 is 9.84 Å². The highest BCUT2D eigenvalue weighted by Crippen LogP contribution is 2.21. The first-order valence-electron chi connectivity index (χ1n) is 8.88. The molecular weight excluding hydrogens is 374 g/mol. The van der Waals surface area contributed by atoms with Gasteiger partial charge in [0, 0.05) is 36.7 Å². The highest BCUT2D eigenvalue weighted by Gasteiger charge is 2.21. The molecular formula is C20H21N5O2S. The fraction of sp³-hybridized carbons (Fsp3) is 0.200. The Morgan fingerprint density at radius 3 is 2.57 bits per heavy atom. The highest BCUT2D eigenvalue weighted by molar-refractivity contribution is 7.90. The van der Waals surface area contributed by atoms with Crippen LogP contribution < -0.4 is 5.43 Å². The Hall–Kier alpha value is -2.97. The second-order valence-corrected chi connectivity index (χ2v) is 8.93. The molecule has 0 amide bonds. The smallest absolute Gasteiger partial charge is 0.175 e. The van der Waals surface area contributed by atoms with E-state index in [-0.39, 0.29) is 0 Å². The van der Waals surface area contributed by atoms with Gasteiger partial charge in [0.15, 0.2) is 21.5 Å². The molecule has 3 aromatic rings. The summed E-state index contributed by atoms with van der Waals surface area (Å²) in [6.07, 6.45) is 1.21. The van der Waals surface area contributed by atoms with Crippen molar-refractivity contribution in [2.45, 2.75) is 24.9 Å². The number of aromatic amines is 1. The van der Waals surface area contributed by atoms with Gasteiger partial charge >= 0.3 is 0 Å². The molecule has 7 nitrogen and oxygen atoms in total. The summed E-state index contributed by atoms with van der Waals surface area (Å²) in [5, 5.41) is 9.15. The molecule has 0 spiro atoms. The molecule has 1 aliphatic rings. The number of hydrazine groups is 1. The summed E-state index contributed by atoms with van der Waals surface area (Å²) in [6.45, 7) is 3.25. The van der Waals surface area contributed by atoms with Crippen LogP contribution >= 0.6 is 0 Å². The fourth-order valence-electron chi connectivity index (χ4n) is 3.16. The van der Waals surface area contributed by atoms with Gasteiger partial charge in [-0.2, -0.15) is 5.10 Å². The number of aromatic nitrogens is 2. The Morgan fingerprint density at radius 2 is 1.89 bits per heavy atom. The average Bonchev–Trinajstić information content (AvgIpc) is 3.06. The van der Waals surface area contributed by atoms with Crippen LogP contribution in [0.1, 0.15) is 22.4 Å². The van der Waals surface area contributed by atoms with Crippen molar-refractivity contribution in [3.05, 3.63) is 77.0 Å². The monoisotopic (exact) mass is 395 g/mol. The van der Waals surface area contributed by atoms with E-state index >= 15 is 0 Å². The van der Waals surface area contributed by atoms with Gasteiger partial charge in [-0.3, -0.25) is 5.10 Å². The first-order chi connectivity index (χ1) is 13.4. The standard InChI is InChI=1S/C20H21N5O2S/c1-14-11-19(23-22-14)21-20-18-6-4-3-5-16(18)13-25(24-20)12-15-7-9-17(10-8-15)28(2,26)27/h3-11H,12-13H2,1-2H3,(H2,21,22,23,24). The van der Waals surface area contributed by atoms with Gasteiger partial charge in [0.05, 0.1) is 4.90 Å². The summed E-state index contributed by atoms with van der Waals surface area (Å²) < 4.78 is 23.3. The maximum absolute atomic E-state index is 11.6. The molecule has 0 aliphatic carbocycles. The van der Waals surface area contributed by atoms with E-state index in [0.717, 1.165) is 22.7 Å². The second-order valence-electron chi connectivity index (χ2n) is 6.91. The second kappa shape index (κ2) is 7.21. The molecule has 4 rings (SSSR count). The van der Waals surface area contributed by atoms with E-state index in [2.05, 4.69) is 31.7 Å². The molecule has 0 saturated carbocycles. The van der Waals surface area contributed by atoms with Crippen molar-refractivity contribution < 1.29 is 8.42 Å². The van der Waals surface area contributed by atoms with Crippen LogP contribution in [-0.2, 0) is 22.9 Å². The maximum atomic E-state index is 11.6. The van der Waals surface area contributed by atoms with Crippen LogP contribution in [0.15, 0.2) is 64.5 Å². The maximum Gasteiger partial charge on any atom is 0.175 e. The van der Waals surface area contributed by atoms with Gasteiger partial charge in [-0.1, -0.05) is 36.4 Å². The van der Waals surface area contributed by atoms with E-state index in [9.17, 15) is 8.42 Å². The van der Waals surface area contributed by atoms with E-state index in [4.69, 9.17) is 0 Å². The molecule has 1 aromatic heterocycles. The minimum absolute atomic E-state index is 0.323. The number of rotatable bonds is 4. The van der Waals surface area contributed by atoms with E-state index in [1.807, 2.05) is 43.3 Å².